The van der Waals surface area contributed by atoms with Crippen molar-refractivity contribution >= 4 is 39.0 Å². The summed E-state index contributed by atoms with van der Waals surface area (Å²) in [6.07, 6.45) is 2.65. The smallest absolute Gasteiger partial charge is 0.328 e. The number of carbonyl (C=O) groups is 1. The zero-order valence-corrected chi connectivity index (χ0v) is 12.4. The summed E-state index contributed by atoms with van der Waals surface area (Å²) >= 11 is 3.42. The van der Waals surface area contributed by atoms with E-state index in [2.05, 4.69) is 26.2 Å². The van der Waals surface area contributed by atoms with E-state index in [-0.39, 0.29) is 0 Å². The number of fused-ring (bicyclic) bond motifs is 1. The molecule has 0 unspecified atom stereocenters. The third-order valence-corrected chi connectivity index (χ3v) is 3.47. The van der Waals surface area contributed by atoms with Gasteiger partial charge >= 0.3 is 5.97 Å². The molecule has 1 N–H and O–H groups in total. The summed E-state index contributed by atoms with van der Waals surface area (Å²) < 4.78 is 2.58. The molecule has 0 fully saturated rings. The molecule has 1 aromatic heterocycles. The Morgan fingerprint density at radius 3 is 2.86 bits per heavy atom. The molecule has 0 aliphatic rings. The normalized spacial score (nSPS) is 11.3. The van der Waals surface area contributed by atoms with Crippen molar-refractivity contribution in [2.75, 3.05) is 0 Å². The van der Waals surface area contributed by atoms with Gasteiger partial charge in [0, 0.05) is 16.1 Å². The maximum absolute atomic E-state index is 10.7. The SMILES string of the molecule is O=C(O)/C=C/c1ccc(Br)cc1-n1nnc2ccccc21. The molecule has 0 radical (unpaired) electrons. The first-order chi connectivity index (χ1) is 10.1. The van der Waals surface area contributed by atoms with Gasteiger partial charge in [-0.15, -0.1) is 5.10 Å². The zero-order chi connectivity index (χ0) is 14.8. The zero-order valence-electron chi connectivity index (χ0n) is 10.8. The molecule has 3 aromatic rings. The highest BCUT2D eigenvalue weighted by molar-refractivity contribution is 9.10. The maximum atomic E-state index is 10.7. The molecule has 0 saturated heterocycles. The molecule has 0 spiro atoms. The minimum atomic E-state index is -0.993. The summed E-state index contributed by atoms with van der Waals surface area (Å²) in [5.74, 6) is -0.993. The van der Waals surface area contributed by atoms with Gasteiger partial charge in [0.25, 0.3) is 0 Å². The first kappa shape index (κ1) is 13.5. The van der Waals surface area contributed by atoms with Crippen molar-refractivity contribution < 1.29 is 9.90 Å². The van der Waals surface area contributed by atoms with Crippen molar-refractivity contribution in [2.45, 2.75) is 0 Å². The van der Waals surface area contributed by atoms with Gasteiger partial charge in [-0.3, -0.25) is 0 Å². The molecular weight excluding hydrogens is 334 g/mol. The molecule has 21 heavy (non-hydrogen) atoms. The molecule has 0 aliphatic heterocycles. The molecule has 0 amide bonds. The van der Waals surface area contributed by atoms with Gasteiger partial charge in [0.15, 0.2) is 0 Å². The summed E-state index contributed by atoms with van der Waals surface area (Å²) in [5.41, 5.74) is 3.15. The lowest BCUT2D eigenvalue weighted by molar-refractivity contribution is -0.131. The average molecular weight is 344 g/mol. The number of rotatable bonds is 3. The Labute approximate surface area is 128 Å². The largest absolute Gasteiger partial charge is 0.478 e. The van der Waals surface area contributed by atoms with Crippen LogP contribution in [-0.2, 0) is 4.79 Å². The van der Waals surface area contributed by atoms with Gasteiger partial charge < -0.3 is 5.11 Å². The molecule has 2 aromatic carbocycles. The highest BCUT2D eigenvalue weighted by Gasteiger charge is 2.09. The van der Waals surface area contributed by atoms with Crippen LogP contribution < -0.4 is 0 Å². The Balaban J connectivity index is 2.21. The summed E-state index contributed by atoms with van der Waals surface area (Å²) in [5, 5.41) is 17.1. The third kappa shape index (κ3) is 2.71. The minimum absolute atomic E-state index is 0.747. The van der Waals surface area contributed by atoms with E-state index in [1.807, 2.05) is 42.5 Å². The highest BCUT2D eigenvalue weighted by atomic mass is 79.9. The van der Waals surface area contributed by atoms with Crippen LogP contribution in [0.3, 0.4) is 0 Å². The molecular formula is C15H10BrN3O2. The fourth-order valence-electron chi connectivity index (χ4n) is 2.05. The van der Waals surface area contributed by atoms with Crippen LogP contribution in [0.4, 0.5) is 0 Å². The van der Waals surface area contributed by atoms with Gasteiger partial charge in [-0.2, -0.15) is 0 Å². The lowest BCUT2D eigenvalue weighted by Crippen LogP contribution is -2.00. The first-order valence-electron chi connectivity index (χ1n) is 6.16. The predicted molar refractivity (Wildman–Crippen MR) is 83.2 cm³/mol. The number of aromatic nitrogens is 3. The van der Waals surface area contributed by atoms with Gasteiger partial charge in [-0.1, -0.05) is 39.3 Å². The molecule has 3 rings (SSSR count). The van der Waals surface area contributed by atoms with E-state index in [0.717, 1.165) is 32.8 Å². The second kappa shape index (κ2) is 5.49. The average Bonchev–Trinajstić information content (AvgIpc) is 2.89. The van der Waals surface area contributed by atoms with E-state index in [9.17, 15) is 4.79 Å². The van der Waals surface area contributed by atoms with Gasteiger partial charge in [-0.05, 0) is 30.3 Å². The highest BCUT2D eigenvalue weighted by Crippen LogP contribution is 2.24. The van der Waals surface area contributed by atoms with E-state index in [1.54, 1.807) is 10.8 Å². The van der Waals surface area contributed by atoms with Gasteiger partial charge in [0.2, 0.25) is 0 Å². The monoisotopic (exact) mass is 343 g/mol. The number of benzene rings is 2. The minimum Gasteiger partial charge on any atom is -0.478 e. The molecule has 1 heterocycles. The van der Waals surface area contributed by atoms with Crippen molar-refractivity contribution in [1.82, 2.24) is 15.0 Å². The molecule has 0 bridgehead atoms. The van der Waals surface area contributed by atoms with Gasteiger partial charge in [0.05, 0.1) is 11.2 Å². The molecule has 5 nitrogen and oxygen atoms in total. The van der Waals surface area contributed by atoms with E-state index in [0.29, 0.717) is 0 Å². The molecule has 6 heteroatoms. The second-order valence-electron chi connectivity index (χ2n) is 4.36. The van der Waals surface area contributed by atoms with Crippen molar-refractivity contribution in [3.05, 3.63) is 58.6 Å². The topological polar surface area (TPSA) is 68.0 Å². The number of para-hydroxylation sites is 1. The summed E-state index contributed by atoms with van der Waals surface area (Å²) in [6, 6.07) is 13.2. The van der Waals surface area contributed by atoms with Crippen LogP contribution in [0, 0.1) is 0 Å². The van der Waals surface area contributed by atoms with Crippen molar-refractivity contribution in [3.63, 3.8) is 0 Å². The summed E-state index contributed by atoms with van der Waals surface area (Å²) in [7, 11) is 0. The maximum Gasteiger partial charge on any atom is 0.328 e. The number of hydrogen-bond donors (Lipinski definition) is 1. The van der Waals surface area contributed by atoms with Crippen LogP contribution in [0.25, 0.3) is 22.8 Å². The molecule has 104 valence electrons. The molecule has 0 aliphatic carbocycles. The fourth-order valence-corrected chi connectivity index (χ4v) is 2.40. The number of aliphatic carboxylic acids is 1. The number of nitrogens with zero attached hydrogens (tertiary/aromatic N) is 3. The van der Waals surface area contributed by atoms with E-state index in [1.165, 1.54) is 0 Å². The fraction of sp³-hybridized carbons (Fsp3) is 0. The number of carboxylic acids is 1. The van der Waals surface area contributed by atoms with Gasteiger partial charge in [0.1, 0.15) is 5.52 Å². The Bertz CT molecular complexity index is 855. The summed E-state index contributed by atoms with van der Waals surface area (Å²) in [4.78, 5) is 10.7. The molecule has 0 saturated carbocycles. The Morgan fingerprint density at radius 1 is 1.24 bits per heavy atom. The van der Waals surface area contributed by atoms with Gasteiger partial charge in [-0.25, -0.2) is 9.48 Å². The first-order valence-corrected chi connectivity index (χ1v) is 6.96. The van der Waals surface area contributed by atoms with E-state index < -0.39 is 5.97 Å². The molecule has 0 atom stereocenters. The van der Waals surface area contributed by atoms with Crippen LogP contribution in [0.2, 0.25) is 0 Å². The number of halogens is 1. The number of hydrogen-bond acceptors (Lipinski definition) is 3. The van der Waals surface area contributed by atoms with Crippen molar-refractivity contribution in [1.29, 1.82) is 0 Å². The van der Waals surface area contributed by atoms with Crippen LogP contribution in [0.5, 0.6) is 0 Å². The van der Waals surface area contributed by atoms with Crippen molar-refractivity contribution in [3.8, 4) is 5.69 Å². The van der Waals surface area contributed by atoms with E-state index >= 15 is 0 Å². The number of carboxylic acid groups (broad SMARTS) is 1. The Hall–Kier alpha value is -2.47. The second-order valence-corrected chi connectivity index (χ2v) is 5.28. The van der Waals surface area contributed by atoms with E-state index in [4.69, 9.17) is 5.11 Å². The Morgan fingerprint density at radius 2 is 2.05 bits per heavy atom. The van der Waals surface area contributed by atoms with Crippen LogP contribution >= 0.6 is 15.9 Å². The summed E-state index contributed by atoms with van der Waals surface area (Å²) in [6.45, 7) is 0. The lowest BCUT2D eigenvalue weighted by Gasteiger charge is -2.07. The van der Waals surface area contributed by atoms with Crippen LogP contribution in [-0.4, -0.2) is 26.1 Å². The Kier molecular flexibility index (Phi) is 3.53. The van der Waals surface area contributed by atoms with Crippen LogP contribution in [0.15, 0.2) is 53.0 Å². The van der Waals surface area contributed by atoms with Crippen LogP contribution in [0.1, 0.15) is 5.56 Å². The third-order valence-electron chi connectivity index (χ3n) is 2.98. The quantitative estimate of drug-likeness (QED) is 0.741. The van der Waals surface area contributed by atoms with Crippen molar-refractivity contribution in [2.24, 2.45) is 0 Å². The predicted octanol–water partition coefficient (Wildman–Crippen LogP) is 3.28. The lowest BCUT2D eigenvalue weighted by atomic mass is 10.1. The standard InChI is InChI=1S/C15H10BrN3O2/c16-11-7-5-10(6-8-15(20)21)14(9-11)19-13-4-2-1-3-12(13)17-18-19/h1-9H,(H,20,21)/b8-6+.